The molecule has 0 heterocycles. The zero-order valence-corrected chi connectivity index (χ0v) is 19.8. The number of nitrogens with one attached hydrogen (secondary N) is 1. The SMILES string of the molecule is COc1ccc(OC)c(NC(=O)CN(Sc2ccc(C(C)=O)cc2)c2ccccc2OC)c1. The molecule has 1 amide bonds. The molecule has 0 atom stereocenters. The summed E-state index contributed by atoms with van der Waals surface area (Å²) in [6.07, 6.45) is 0. The van der Waals surface area contributed by atoms with Crippen molar-refractivity contribution in [3.05, 3.63) is 72.3 Å². The van der Waals surface area contributed by atoms with Crippen molar-refractivity contribution in [2.24, 2.45) is 0 Å². The third kappa shape index (κ3) is 6.20. The largest absolute Gasteiger partial charge is 0.497 e. The zero-order chi connectivity index (χ0) is 23.8. The minimum Gasteiger partial charge on any atom is -0.497 e. The van der Waals surface area contributed by atoms with E-state index in [1.54, 1.807) is 51.7 Å². The lowest BCUT2D eigenvalue weighted by Gasteiger charge is -2.25. The van der Waals surface area contributed by atoms with Crippen LogP contribution in [0.3, 0.4) is 0 Å². The van der Waals surface area contributed by atoms with E-state index < -0.39 is 0 Å². The van der Waals surface area contributed by atoms with Gasteiger partial charge in [0.25, 0.3) is 0 Å². The lowest BCUT2D eigenvalue weighted by atomic mass is 10.2. The number of rotatable bonds is 10. The Hall–Kier alpha value is -3.65. The van der Waals surface area contributed by atoms with E-state index in [2.05, 4.69) is 5.32 Å². The molecule has 0 aliphatic rings. The number of ketones is 1. The Kier molecular flexibility index (Phi) is 8.21. The summed E-state index contributed by atoms with van der Waals surface area (Å²) in [6.45, 7) is 1.56. The van der Waals surface area contributed by atoms with Gasteiger partial charge in [-0.15, -0.1) is 0 Å². The maximum atomic E-state index is 13.0. The van der Waals surface area contributed by atoms with E-state index in [-0.39, 0.29) is 18.2 Å². The van der Waals surface area contributed by atoms with Gasteiger partial charge in [0.15, 0.2) is 5.78 Å². The van der Waals surface area contributed by atoms with Gasteiger partial charge in [-0.2, -0.15) is 0 Å². The Morgan fingerprint density at radius 1 is 0.879 bits per heavy atom. The van der Waals surface area contributed by atoms with Gasteiger partial charge in [-0.25, -0.2) is 0 Å². The van der Waals surface area contributed by atoms with Gasteiger partial charge in [-0.1, -0.05) is 24.3 Å². The van der Waals surface area contributed by atoms with Gasteiger partial charge < -0.3 is 19.5 Å². The minimum atomic E-state index is -0.250. The number of benzene rings is 3. The van der Waals surface area contributed by atoms with Crippen LogP contribution in [0, 0.1) is 0 Å². The normalized spacial score (nSPS) is 10.3. The average molecular weight is 467 g/mol. The highest BCUT2D eigenvalue weighted by Gasteiger charge is 2.19. The number of para-hydroxylation sites is 2. The van der Waals surface area contributed by atoms with E-state index in [1.165, 1.54) is 18.9 Å². The van der Waals surface area contributed by atoms with Crippen LogP contribution in [0.15, 0.2) is 71.6 Å². The van der Waals surface area contributed by atoms with Crippen LogP contribution in [0.25, 0.3) is 0 Å². The second-order valence-electron chi connectivity index (χ2n) is 6.99. The number of Topliss-reactive ketones (excluding diaryl/α,β-unsaturated/α-hetero) is 1. The molecule has 0 aliphatic heterocycles. The highest BCUT2D eigenvalue weighted by molar-refractivity contribution is 8.00. The number of methoxy groups -OCH3 is 3. The first kappa shape index (κ1) is 24.0. The van der Waals surface area contributed by atoms with Gasteiger partial charge in [0, 0.05) is 16.5 Å². The number of ether oxygens (including phenoxy) is 3. The third-order valence-electron chi connectivity index (χ3n) is 4.80. The van der Waals surface area contributed by atoms with Crippen LogP contribution in [0.1, 0.15) is 17.3 Å². The van der Waals surface area contributed by atoms with Crippen molar-refractivity contribution in [3.8, 4) is 17.2 Å². The molecule has 0 bridgehead atoms. The van der Waals surface area contributed by atoms with E-state index in [1.807, 2.05) is 40.7 Å². The van der Waals surface area contributed by atoms with Crippen LogP contribution >= 0.6 is 11.9 Å². The van der Waals surface area contributed by atoms with Gasteiger partial charge in [-0.05, 0) is 55.3 Å². The number of carbonyl (C=O) groups is 2. The fourth-order valence-corrected chi connectivity index (χ4v) is 4.06. The monoisotopic (exact) mass is 466 g/mol. The third-order valence-corrected chi connectivity index (χ3v) is 5.83. The summed E-state index contributed by atoms with van der Waals surface area (Å²) < 4.78 is 18.0. The summed E-state index contributed by atoms with van der Waals surface area (Å²) in [5, 5.41) is 2.90. The van der Waals surface area contributed by atoms with Crippen molar-refractivity contribution in [2.75, 3.05) is 37.5 Å². The zero-order valence-electron chi connectivity index (χ0n) is 19.0. The summed E-state index contributed by atoms with van der Waals surface area (Å²) in [5.74, 6) is 1.52. The van der Waals surface area contributed by atoms with Gasteiger partial charge in [0.2, 0.25) is 5.91 Å². The summed E-state index contributed by atoms with van der Waals surface area (Å²) in [6, 6.07) is 19.9. The molecule has 0 saturated heterocycles. The standard InChI is InChI=1S/C25H26N2O5S/c1-17(28)18-9-12-20(13-10-18)33-27(22-7-5-6-8-24(22)32-4)16-25(29)26-21-15-19(30-2)11-14-23(21)31-3/h5-15H,16H2,1-4H3,(H,26,29). The van der Waals surface area contributed by atoms with Gasteiger partial charge in [0.1, 0.15) is 23.8 Å². The first-order valence-corrected chi connectivity index (χ1v) is 10.9. The van der Waals surface area contributed by atoms with Gasteiger partial charge in [0.05, 0.1) is 32.7 Å². The van der Waals surface area contributed by atoms with Crippen LogP contribution in [-0.2, 0) is 4.79 Å². The molecule has 0 unspecified atom stereocenters. The highest BCUT2D eigenvalue weighted by Crippen LogP contribution is 2.36. The summed E-state index contributed by atoms with van der Waals surface area (Å²) >= 11 is 1.37. The minimum absolute atomic E-state index is 0.000232. The fourth-order valence-electron chi connectivity index (χ4n) is 3.11. The van der Waals surface area contributed by atoms with E-state index >= 15 is 0 Å². The number of hydrogen-bond acceptors (Lipinski definition) is 7. The molecule has 3 aromatic carbocycles. The Balaban J connectivity index is 1.86. The average Bonchev–Trinajstić information content (AvgIpc) is 2.83. The van der Waals surface area contributed by atoms with Crippen molar-refractivity contribution in [1.82, 2.24) is 0 Å². The summed E-state index contributed by atoms with van der Waals surface area (Å²) in [5.41, 5.74) is 1.89. The predicted octanol–water partition coefficient (Wildman–Crippen LogP) is 5.07. The van der Waals surface area contributed by atoms with E-state index in [0.29, 0.717) is 28.5 Å². The Morgan fingerprint density at radius 2 is 1.58 bits per heavy atom. The molecule has 172 valence electrons. The van der Waals surface area contributed by atoms with Gasteiger partial charge >= 0.3 is 0 Å². The van der Waals surface area contributed by atoms with E-state index in [0.717, 1.165) is 10.6 Å². The quantitative estimate of drug-likeness (QED) is 0.330. The number of hydrogen-bond donors (Lipinski definition) is 1. The van der Waals surface area contributed by atoms with E-state index in [4.69, 9.17) is 14.2 Å². The van der Waals surface area contributed by atoms with Crippen molar-refractivity contribution in [1.29, 1.82) is 0 Å². The first-order chi connectivity index (χ1) is 15.9. The molecule has 1 N–H and O–H groups in total. The summed E-state index contributed by atoms with van der Waals surface area (Å²) in [7, 11) is 4.69. The molecule has 0 aromatic heterocycles. The maximum absolute atomic E-state index is 13.0. The molecule has 0 fully saturated rings. The van der Waals surface area contributed by atoms with E-state index in [9.17, 15) is 9.59 Å². The first-order valence-electron chi connectivity index (χ1n) is 10.2. The van der Waals surface area contributed by atoms with Crippen LogP contribution in [0.4, 0.5) is 11.4 Å². The topological polar surface area (TPSA) is 77.1 Å². The Bertz CT molecular complexity index is 1120. The van der Waals surface area contributed by atoms with Crippen molar-refractivity contribution in [2.45, 2.75) is 11.8 Å². The Morgan fingerprint density at radius 3 is 2.21 bits per heavy atom. The van der Waals surface area contributed by atoms with Gasteiger partial charge in [-0.3, -0.25) is 13.9 Å². The lowest BCUT2D eigenvalue weighted by Crippen LogP contribution is -2.28. The predicted molar refractivity (Wildman–Crippen MR) is 131 cm³/mol. The molecule has 3 rings (SSSR count). The van der Waals surface area contributed by atoms with Crippen molar-refractivity contribution >= 4 is 35.0 Å². The number of anilines is 2. The molecule has 7 nitrogen and oxygen atoms in total. The second-order valence-corrected chi connectivity index (χ2v) is 8.09. The fraction of sp³-hybridized carbons (Fsp3) is 0.200. The number of carbonyl (C=O) groups excluding carboxylic acids is 2. The van der Waals surface area contributed by atoms with Crippen LogP contribution in [0.5, 0.6) is 17.2 Å². The molecular weight excluding hydrogens is 440 g/mol. The molecular formula is C25H26N2O5S. The lowest BCUT2D eigenvalue weighted by molar-refractivity contribution is -0.114. The highest BCUT2D eigenvalue weighted by atomic mass is 32.2. The number of amides is 1. The molecule has 33 heavy (non-hydrogen) atoms. The van der Waals surface area contributed by atoms with Crippen molar-refractivity contribution < 1.29 is 23.8 Å². The molecule has 0 radical (unpaired) electrons. The Labute approximate surface area is 197 Å². The maximum Gasteiger partial charge on any atom is 0.245 e. The second kappa shape index (κ2) is 11.3. The molecule has 0 aliphatic carbocycles. The van der Waals surface area contributed by atoms with Crippen LogP contribution in [0.2, 0.25) is 0 Å². The molecule has 0 spiro atoms. The number of nitrogens with zero attached hydrogens (tertiary/aromatic N) is 1. The van der Waals surface area contributed by atoms with Crippen LogP contribution < -0.4 is 23.8 Å². The molecule has 3 aromatic rings. The summed E-state index contributed by atoms with van der Waals surface area (Å²) in [4.78, 5) is 25.5. The van der Waals surface area contributed by atoms with Crippen LogP contribution in [-0.4, -0.2) is 39.6 Å². The smallest absolute Gasteiger partial charge is 0.245 e. The molecule has 8 heteroatoms. The van der Waals surface area contributed by atoms with Crippen molar-refractivity contribution in [3.63, 3.8) is 0 Å². The molecule has 0 saturated carbocycles.